The third kappa shape index (κ3) is 5.68. The van der Waals surface area contributed by atoms with E-state index in [1.54, 1.807) is 56.9 Å². The van der Waals surface area contributed by atoms with Crippen molar-refractivity contribution in [1.82, 2.24) is 39.9 Å². The average molecular weight is 955 g/mol. The van der Waals surface area contributed by atoms with Gasteiger partial charge >= 0.3 is 0 Å². The number of benzene rings is 8. The maximum absolute atomic E-state index is 6.34. The van der Waals surface area contributed by atoms with Crippen LogP contribution in [0.1, 0.15) is 0 Å². The van der Waals surface area contributed by atoms with Crippen LogP contribution in [-0.2, 0) is 0 Å². The fourth-order valence-electron chi connectivity index (χ4n) is 10.9. The van der Waals surface area contributed by atoms with Crippen LogP contribution in [0.15, 0.2) is 97.1 Å². The minimum Gasteiger partial charge on any atom is -0.495 e. The minimum absolute atomic E-state index is 0.272. The number of aromatic nitrogens is 8. The number of nitrogens with one attached hydrogen (secondary N) is 2. The number of ether oxygens (including phenoxy) is 8. The van der Waals surface area contributed by atoms with Gasteiger partial charge < -0.3 is 47.9 Å². The molecule has 2 aliphatic heterocycles. The van der Waals surface area contributed by atoms with Crippen LogP contribution < -0.4 is 37.9 Å². The molecule has 5 heterocycles. The van der Waals surface area contributed by atoms with Crippen LogP contribution in [0.2, 0.25) is 0 Å². The van der Waals surface area contributed by atoms with Crippen LogP contribution in [0.4, 0.5) is 0 Å². The van der Waals surface area contributed by atoms with Crippen LogP contribution in [0.5, 0.6) is 46.0 Å². The van der Waals surface area contributed by atoms with Gasteiger partial charge in [-0.25, -0.2) is 29.9 Å². The maximum Gasteiger partial charge on any atom is 0.168 e. The van der Waals surface area contributed by atoms with E-state index >= 15 is 0 Å². The molecule has 13 rings (SSSR count). The van der Waals surface area contributed by atoms with Crippen LogP contribution in [0.25, 0.3) is 133 Å². The second-order valence-corrected chi connectivity index (χ2v) is 17.1. The number of H-pyrrole nitrogens is 2. The summed E-state index contributed by atoms with van der Waals surface area (Å²) >= 11 is 0. The molecule has 2 N–H and O–H groups in total. The van der Waals surface area contributed by atoms with Crippen molar-refractivity contribution in [2.45, 2.75) is 0 Å². The molecular formula is C56H42N8O8. The Morgan fingerprint density at radius 1 is 0.250 bits per heavy atom. The van der Waals surface area contributed by atoms with E-state index in [-0.39, 0.29) is 23.3 Å². The van der Waals surface area contributed by atoms with Crippen molar-refractivity contribution in [1.29, 1.82) is 0 Å². The first kappa shape index (κ1) is 42.6. The number of methoxy groups -OCH3 is 8. The SMILES string of the molecule is COc1c2c(c(OC)c3ccccc13)-c1nc-2nc2[nH]c(nc3nc(nc4[nH]c(n1)c1c(OC)c5ccccc5c(OC)c41)-c1c-3c(OC)c3ccccc3c1OC)c1c(OC)c3ccccc3c(OC)c21. The molecule has 0 amide bonds. The van der Waals surface area contributed by atoms with Gasteiger partial charge in [-0.15, -0.1) is 0 Å². The highest BCUT2D eigenvalue weighted by Gasteiger charge is 2.35. The van der Waals surface area contributed by atoms with E-state index in [1.807, 2.05) is 97.1 Å². The van der Waals surface area contributed by atoms with E-state index in [2.05, 4.69) is 9.97 Å². The maximum atomic E-state index is 6.34. The lowest BCUT2D eigenvalue weighted by atomic mass is 9.98. The summed E-state index contributed by atoms with van der Waals surface area (Å²) in [6.07, 6.45) is 0. The van der Waals surface area contributed by atoms with E-state index in [9.17, 15) is 0 Å². The van der Waals surface area contributed by atoms with Crippen molar-refractivity contribution in [3.8, 4) is 91.5 Å². The molecule has 0 atom stereocenters. The number of nitrogens with zero attached hydrogens (tertiary/aromatic N) is 6. The molecule has 0 saturated heterocycles. The second-order valence-electron chi connectivity index (χ2n) is 17.1. The highest BCUT2D eigenvalue weighted by atomic mass is 16.5. The minimum atomic E-state index is 0.272. The number of fused-ring (bicyclic) bond motifs is 24. The molecule has 16 nitrogen and oxygen atoms in total. The topological polar surface area (TPSA) is 183 Å². The quantitative estimate of drug-likeness (QED) is 0.147. The van der Waals surface area contributed by atoms with Crippen molar-refractivity contribution in [3.05, 3.63) is 97.1 Å². The normalized spacial score (nSPS) is 11.9. The molecule has 0 unspecified atom stereocenters. The summed E-state index contributed by atoms with van der Waals surface area (Å²) < 4.78 is 50.7. The van der Waals surface area contributed by atoms with E-state index < -0.39 is 0 Å². The molecule has 11 aromatic rings. The molecule has 8 aromatic carbocycles. The Balaban J connectivity index is 1.34. The van der Waals surface area contributed by atoms with Gasteiger partial charge in [0.2, 0.25) is 0 Å². The van der Waals surface area contributed by atoms with Crippen LogP contribution in [-0.4, -0.2) is 96.8 Å². The molecular weight excluding hydrogens is 913 g/mol. The van der Waals surface area contributed by atoms with Crippen LogP contribution >= 0.6 is 0 Å². The highest BCUT2D eigenvalue weighted by molar-refractivity contribution is 6.23. The number of rotatable bonds is 8. The van der Waals surface area contributed by atoms with Gasteiger partial charge in [-0.1, -0.05) is 97.1 Å². The summed E-state index contributed by atoms with van der Waals surface area (Å²) in [5.41, 5.74) is 3.65. The Kier molecular flexibility index (Phi) is 9.51. The third-order valence-corrected chi connectivity index (χ3v) is 13.7. The molecule has 0 saturated carbocycles. The molecule has 3 aromatic heterocycles. The summed E-state index contributed by atoms with van der Waals surface area (Å²) in [5, 5.41) is 8.63. The van der Waals surface area contributed by atoms with Gasteiger partial charge in [-0.3, -0.25) is 0 Å². The molecule has 0 radical (unpaired) electrons. The van der Waals surface area contributed by atoms with Crippen molar-refractivity contribution < 1.29 is 37.9 Å². The fraction of sp³-hybridized carbons (Fsp3) is 0.143. The van der Waals surface area contributed by atoms with Gasteiger partial charge in [0.05, 0.1) is 101 Å². The number of hydrogen-bond acceptors (Lipinski definition) is 14. The predicted octanol–water partition coefficient (Wildman–Crippen LogP) is 11.6. The third-order valence-electron chi connectivity index (χ3n) is 13.7. The lowest BCUT2D eigenvalue weighted by Crippen LogP contribution is -1.96. The first-order valence-electron chi connectivity index (χ1n) is 22.9. The molecule has 16 heteroatoms. The average Bonchev–Trinajstić information content (AvgIpc) is 4.16. The van der Waals surface area contributed by atoms with Gasteiger partial charge in [-0.05, 0) is 0 Å². The smallest absolute Gasteiger partial charge is 0.168 e. The van der Waals surface area contributed by atoms with Gasteiger partial charge in [0.15, 0.2) is 23.3 Å². The summed E-state index contributed by atoms with van der Waals surface area (Å²) in [7, 11) is 13.0. The Bertz CT molecular complexity index is 3820. The molecule has 354 valence electrons. The largest absolute Gasteiger partial charge is 0.495 e. The van der Waals surface area contributed by atoms with Crippen molar-refractivity contribution >= 4 is 87.2 Å². The van der Waals surface area contributed by atoms with Crippen molar-refractivity contribution in [2.75, 3.05) is 56.9 Å². The van der Waals surface area contributed by atoms with Gasteiger partial charge in [-0.2, -0.15) is 0 Å². The van der Waals surface area contributed by atoms with Gasteiger partial charge in [0.1, 0.15) is 68.6 Å². The first-order valence-corrected chi connectivity index (χ1v) is 22.9. The Morgan fingerprint density at radius 2 is 0.431 bits per heavy atom. The Hall–Kier alpha value is -9.44. The van der Waals surface area contributed by atoms with E-state index in [1.165, 1.54) is 0 Å². The summed E-state index contributed by atoms with van der Waals surface area (Å²) in [6.45, 7) is 0. The van der Waals surface area contributed by atoms with E-state index in [4.69, 9.17) is 67.8 Å². The van der Waals surface area contributed by atoms with Crippen molar-refractivity contribution in [3.63, 3.8) is 0 Å². The Morgan fingerprint density at radius 3 is 0.611 bits per heavy atom. The molecule has 2 aliphatic rings. The van der Waals surface area contributed by atoms with Crippen LogP contribution in [0, 0.1) is 0 Å². The lowest BCUT2D eigenvalue weighted by Gasteiger charge is -2.16. The predicted molar refractivity (Wildman–Crippen MR) is 278 cm³/mol. The molecule has 0 aliphatic carbocycles. The molecule has 72 heavy (non-hydrogen) atoms. The molecule has 0 spiro atoms. The first-order chi connectivity index (χ1) is 35.4. The monoisotopic (exact) mass is 954 g/mol. The summed E-state index contributed by atoms with van der Waals surface area (Å²) in [6, 6.07) is 31.4. The zero-order valence-corrected chi connectivity index (χ0v) is 40.2. The van der Waals surface area contributed by atoms with E-state index in [0.717, 1.165) is 43.1 Å². The zero-order valence-electron chi connectivity index (χ0n) is 40.2. The summed E-state index contributed by atoms with van der Waals surface area (Å²) in [5.74, 6) is 5.31. The lowest BCUT2D eigenvalue weighted by molar-refractivity contribution is 0.413. The van der Waals surface area contributed by atoms with Crippen molar-refractivity contribution in [2.24, 2.45) is 0 Å². The Labute approximate surface area is 409 Å². The van der Waals surface area contributed by atoms with Gasteiger partial charge in [0.25, 0.3) is 0 Å². The summed E-state index contributed by atoms with van der Waals surface area (Å²) in [4.78, 5) is 39.6. The molecule has 8 bridgehead atoms. The van der Waals surface area contributed by atoms with Gasteiger partial charge in [0, 0.05) is 43.1 Å². The molecule has 0 fully saturated rings. The number of hydrogen-bond donors (Lipinski definition) is 2. The number of aromatic amines is 2. The highest BCUT2D eigenvalue weighted by Crippen LogP contribution is 2.55. The fourth-order valence-corrected chi connectivity index (χ4v) is 10.9. The second kappa shape index (κ2) is 16.1. The standard InChI is InChI=1S/C56H42N8O8/c1-65-41-25-17-9-10-18-26(25)42(66-2)34-33(41)49-57-50(34)62-52-37-38(46(70-6)30-22-14-13-21-29(30)45(37)69-5)54(59-52)64-56-40-39(47(71-7)31-23-15-16-24-32(31)48(40)72-8)55(60-56)63-53-36-35(51(58-53)61-49)43(67-3)27-19-11-12-20-28(27)44(36)68-4/h9-24H,1-8H3,(H2,57,58,59,60,61,62,63,64). The van der Waals surface area contributed by atoms with Crippen LogP contribution in [0.3, 0.4) is 0 Å². The van der Waals surface area contributed by atoms with E-state index in [0.29, 0.717) is 112 Å². The zero-order chi connectivity index (χ0) is 49.1.